The number of aromatic nitrogens is 3. The van der Waals surface area contributed by atoms with Gasteiger partial charge in [-0.25, -0.2) is 0 Å². The maximum Gasteiger partial charge on any atom is 0.230 e. The molecule has 29 heavy (non-hydrogen) atoms. The normalized spacial score (nSPS) is 10.8. The second-order valence-corrected chi connectivity index (χ2v) is 7.99. The lowest BCUT2D eigenvalue weighted by Gasteiger charge is -2.11. The first kappa shape index (κ1) is 21.1. The summed E-state index contributed by atoms with van der Waals surface area (Å²) in [6.45, 7) is 4.91. The third kappa shape index (κ3) is 6.19. The second-order valence-electron chi connectivity index (χ2n) is 7.05. The predicted molar refractivity (Wildman–Crippen MR) is 119 cm³/mol. The smallest absolute Gasteiger partial charge is 0.230 e. The number of benzene rings is 2. The van der Waals surface area contributed by atoms with Gasteiger partial charge in [-0.1, -0.05) is 67.6 Å². The maximum absolute atomic E-state index is 12.1. The highest BCUT2D eigenvalue weighted by molar-refractivity contribution is 7.99. The van der Waals surface area contributed by atoms with Crippen molar-refractivity contribution in [2.45, 2.75) is 44.7 Å². The number of aryl methyl sites for hydroxylation is 3. The molecule has 0 aliphatic rings. The van der Waals surface area contributed by atoms with Gasteiger partial charge in [0.15, 0.2) is 5.16 Å². The van der Waals surface area contributed by atoms with Gasteiger partial charge in [-0.3, -0.25) is 9.36 Å². The van der Waals surface area contributed by atoms with E-state index in [4.69, 9.17) is 0 Å². The number of hydrogen-bond donors (Lipinski definition) is 1. The fourth-order valence-corrected chi connectivity index (χ4v) is 3.87. The van der Waals surface area contributed by atoms with E-state index in [9.17, 15) is 4.79 Å². The minimum atomic E-state index is 0.0353. The van der Waals surface area contributed by atoms with E-state index in [1.165, 1.54) is 22.9 Å². The van der Waals surface area contributed by atoms with Crippen molar-refractivity contribution >= 4 is 17.7 Å². The molecule has 5 nitrogen and oxygen atoms in total. The number of nitrogens with one attached hydrogen (secondary N) is 1. The zero-order valence-electron chi connectivity index (χ0n) is 17.1. The molecule has 0 bridgehead atoms. The molecule has 0 unspecified atom stereocenters. The first-order valence-electron chi connectivity index (χ1n) is 10.1. The lowest BCUT2D eigenvalue weighted by atomic mass is 10.1. The molecule has 0 aliphatic carbocycles. The van der Waals surface area contributed by atoms with Gasteiger partial charge < -0.3 is 5.32 Å². The average molecular weight is 409 g/mol. The van der Waals surface area contributed by atoms with Gasteiger partial charge in [0.05, 0.1) is 5.75 Å². The molecule has 0 aliphatic heterocycles. The van der Waals surface area contributed by atoms with E-state index in [0.717, 1.165) is 48.9 Å². The van der Waals surface area contributed by atoms with Crippen LogP contribution in [0.4, 0.5) is 0 Å². The predicted octanol–water partition coefficient (Wildman–Crippen LogP) is 4.37. The Morgan fingerprint density at radius 1 is 1.07 bits per heavy atom. The van der Waals surface area contributed by atoms with Crippen LogP contribution in [0, 0.1) is 6.92 Å². The fraction of sp³-hybridized carbons (Fsp3) is 0.348. The molecule has 0 saturated carbocycles. The van der Waals surface area contributed by atoms with Gasteiger partial charge in [-0.15, -0.1) is 10.2 Å². The van der Waals surface area contributed by atoms with Crippen LogP contribution in [-0.4, -0.2) is 33.0 Å². The number of carbonyl (C=O) groups is 1. The van der Waals surface area contributed by atoms with E-state index in [0.29, 0.717) is 5.75 Å². The van der Waals surface area contributed by atoms with Crippen molar-refractivity contribution in [1.29, 1.82) is 0 Å². The quantitative estimate of drug-likeness (QED) is 0.400. The van der Waals surface area contributed by atoms with Crippen molar-refractivity contribution in [2.75, 3.05) is 12.3 Å². The minimum absolute atomic E-state index is 0.0353. The van der Waals surface area contributed by atoms with Crippen LogP contribution in [0.15, 0.2) is 59.8 Å². The molecular weight excluding hydrogens is 380 g/mol. The fourth-order valence-electron chi connectivity index (χ4n) is 3.07. The lowest BCUT2D eigenvalue weighted by molar-refractivity contribution is -0.118. The Hall–Kier alpha value is -2.60. The van der Waals surface area contributed by atoms with Crippen LogP contribution >= 0.6 is 11.8 Å². The van der Waals surface area contributed by atoms with Crippen LogP contribution in [0.2, 0.25) is 0 Å². The molecule has 6 heteroatoms. The Morgan fingerprint density at radius 3 is 2.66 bits per heavy atom. The van der Waals surface area contributed by atoms with Crippen molar-refractivity contribution in [3.05, 3.63) is 71.5 Å². The molecule has 1 heterocycles. The molecule has 0 spiro atoms. The first-order valence-corrected chi connectivity index (χ1v) is 11.1. The monoisotopic (exact) mass is 408 g/mol. The van der Waals surface area contributed by atoms with Gasteiger partial charge in [0.1, 0.15) is 5.82 Å². The van der Waals surface area contributed by atoms with Gasteiger partial charge in [-0.2, -0.15) is 0 Å². The molecule has 0 saturated heterocycles. The number of nitrogens with zero attached hydrogens (tertiary/aromatic N) is 3. The highest BCUT2D eigenvalue weighted by atomic mass is 32.2. The van der Waals surface area contributed by atoms with Crippen LogP contribution in [0.5, 0.6) is 0 Å². The van der Waals surface area contributed by atoms with E-state index >= 15 is 0 Å². The van der Waals surface area contributed by atoms with E-state index in [1.807, 2.05) is 12.1 Å². The van der Waals surface area contributed by atoms with Crippen molar-refractivity contribution in [3.63, 3.8) is 0 Å². The number of carbonyl (C=O) groups excluding carboxylic acids is 1. The van der Waals surface area contributed by atoms with Gasteiger partial charge in [-0.05, 0) is 43.0 Å². The minimum Gasteiger partial charge on any atom is -0.355 e. The van der Waals surface area contributed by atoms with E-state index in [1.54, 1.807) is 0 Å². The Bertz CT molecular complexity index is 924. The molecule has 152 valence electrons. The first-order chi connectivity index (χ1) is 14.2. The summed E-state index contributed by atoms with van der Waals surface area (Å²) in [5.74, 6) is 1.29. The van der Waals surface area contributed by atoms with Gasteiger partial charge in [0, 0.05) is 18.7 Å². The Kier molecular flexibility index (Phi) is 7.87. The summed E-state index contributed by atoms with van der Waals surface area (Å²) in [6, 6.07) is 18.7. The summed E-state index contributed by atoms with van der Waals surface area (Å²) >= 11 is 1.43. The summed E-state index contributed by atoms with van der Waals surface area (Å²) in [6.07, 6.45) is 3.75. The molecule has 3 rings (SSSR count). The van der Waals surface area contributed by atoms with Gasteiger partial charge in [0.2, 0.25) is 5.91 Å². The summed E-state index contributed by atoms with van der Waals surface area (Å²) < 4.78 is 2.08. The highest BCUT2D eigenvalue weighted by Gasteiger charge is 2.16. The van der Waals surface area contributed by atoms with Crippen LogP contribution in [0.25, 0.3) is 5.69 Å². The Morgan fingerprint density at radius 2 is 1.90 bits per heavy atom. The molecule has 0 radical (unpaired) electrons. The summed E-state index contributed by atoms with van der Waals surface area (Å²) in [4.78, 5) is 12.1. The van der Waals surface area contributed by atoms with Crippen LogP contribution in [0.3, 0.4) is 0 Å². The van der Waals surface area contributed by atoms with Crippen molar-refractivity contribution in [2.24, 2.45) is 0 Å². The molecule has 1 N–H and O–H groups in total. The van der Waals surface area contributed by atoms with E-state index in [2.05, 4.69) is 76.4 Å². The zero-order valence-corrected chi connectivity index (χ0v) is 17.9. The topological polar surface area (TPSA) is 59.8 Å². The van der Waals surface area contributed by atoms with Crippen LogP contribution < -0.4 is 5.32 Å². The Balaban J connectivity index is 1.77. The van der Waals surface area contributed by atoms with Crippen molar-refractivity contribution in [3.8, 4) is 5.69 Å². The molecule has 1 aromatic heterocycles. The summed E-state index contributed by atoms with van der Waals surface area (Å²) in [5, 5.41) is 12.6. The third-order valence-corrected chi connectivity index (χ3v) is 5.55. The van der Waals surface area contributed by atoms with Crippen LogP contribution in [0.1, 0.15) is 36.7 Å². The summed E-state index contributed by atoms with van der Waals surface area (Å²) in [7, 11) is 0. The second kappa shape index (κ2) is 10.8. The van der Waals surface area contributed by atoms with E-state index in [-0.39, 0.29) is 5.91 Å². The summed E-state index contributed by atoms with van der Waals surface area (Å²) in [5.41, 5.74) is 3.49. The number of amides is 1. The Labute approximate surface area is 176 Å². The van der Waals surface area contributed by atoms with E-state index < -0.39 is 0 Å². The lowest BCUT2D eigenvalue weighted by Crippen LogP contribution is -2.26. The molecule has 0 fully saturated rings. The molecular formula is C23H28N4OS. The van der Waals surface area contributed by atoms with Crippen molar-refractivity contribution < 1.29 is 4.79 Å². The van der Waals surface area contributed by atoms with Crippen molar-refractivity contribution in [1.82, 2.24) is 20.1 Å². The SMILES string of the molecule is CCCCNC(=O)CSc1nnc(CCc2ccccc2)n1-c1cccc(C)c1. The molecule has 0 atom stereocenters. The average Bonchev–Trinajstić information content (AvgIpc) is 3.14. The van der Waals surface area contributed by atoms with Gasteiger partial charge >= 0.3 is 0 Å². The molecule has 3 aromatic rings. The van der Waals surface area contributed by atoms with Gasteiger partial charge in [0.25, 0.3) is 0 Å². The third-order valence-electron chi connectivity index (χ3n) is 4.63. The maximum atomic E-state index is 12.1. The molecule has 1 amide bonds. The number of hydrogen-bond acceptors (Lipinski definition) is 4. The standard InChI is InChI=1S/C23H28N4OS/c1-3-4-15-24-22(28)17-29-23-26-25-21(14-13-19-10-6-5-7-11-19)27(23)20-12-8-9-18(2)16-20/h5-12,16H,3-4,13-15,17H2,1-2H3,(H,24,28). The molecule has 2 aromatic carbocycles. The number of unbranched alkanes of at least 4 members (excludes halogenated alkanes) is 1. The highest BCUT2D eigenvalue weighted by Crippen LogP contribution is 2.23. The largest absolute Gasteiger partial charge is 0.355 e. The zero-order chi connectivity index (χ0) is 20.5. The number of thioether (sulfide) groups is 1. The van der Waals surface area contributed by atoms with Crippen LogP contribution in [-0.2, 0) is 17.6 Å². The number of rotatable bonds is 10.